The molecule has 6 heterocycles. The third-order valence-corrected chi connectivity index (χ3v) is 10.7. The summed E-state index contributed by atoms with van der Waals surface area (Å²) in [4.78, 5) is 25.5. The SMILES string of the molecule is C=CC(=O)N1CCc2sc(-c3nc4c5ccsc5c3-c3c(F)cc(F)cc3OCCOC/C=C/COc3cc5c(cnn5C)cc3-4)nc2C1. The highest BCUT2D eigenvalue weighted by atomic mass is 32.1. The zero-order valence-electron chi connectivity index (χ0n) is 26.4. The van der Waals surface area contributed by atoms with Crippen LogP contribution in [0.5, 0.6) is 11.5 Å². The Labute approximate surface area is 287 Å². The van der Waals surface area contributed by atoms with Crippen LogP contribution in [0.2, 0.25) is 0 Å². The van der Waals surface area contributed by atoms with Gasteiger partial charge >= 0.3 is 0 Å². The molecule has 0 saturated carbocycles. The zero-order valence-corrected chi connectivity index (χ0v) is 28.0. The number of nitrogens with zero attached hydrogens (tertiary/aromatic N) is 5. The third-order valence-electron chi connectivity index (χ3n) is 8.60. The van der Waals surface area contributed by atoms with Crippen molar-refractivity contribution < 1.29 is 27.8 Å². The summed E-state index contributed by atoms with van der Waals surface area (Å²) in [5.74, 6) is -1.08. The number of aromatic nitrogens is 4. The fourth-order valence-electron chi connectivity index (χ4n) is 6.26. The maximum Gasteiger partial charge on any atom is 0.246 e. The largest absolute Gasteiger partial charge is 0.490 e. The number of hydrogen-bond acceptors (Lipinski definition) is 9. The number of benzene rings is 2. The van der Waals surface area contributed by atoms with E-state index in [2.05, 4.69) is 11.7 Å². The molecule has 2 aliphatic heterocycles. The summed E-state index contributed by atoms with van der Waals surface area (Å²) in [7, 11) is 1.87. The van der Waals surface area contributed by atoms with E-state index in [1.165, 1.54) is 34.8 Å². The van der Waals surface area contributed by atoms with Gasteiger partial charge in [0.15, 0.2) is 0 Å². The second-order valence-corrected chi connectivity index (χ2v) is 13.6. The lowest BCUT2D eigenvalue weighted by molar-refractivity contribution is -0.126. The number of carbonyl (C=O) groups is 1. The van der Waals surface area contributed by atoms with Gasteiger partial charge in [-0.3, -0.25) is 9.48 Å². The van der Waals surface area contributed by atoms with Gasteiger partial charge in [-0.05, 0) is 29.7 Å². The topological polar surface area (TPSA) is 91.6 Å². The molecule has 0 aliphatic carbocycles. The van der Waals surface area contributed by atoms with E-state index >= 15 is 4.39 Å². The van der Waals surface area contributed by atoms with Crippen LogP contribution in [0.4, 0.5) is 8.78 Å². The minimum Gasteiger partial charge on any atom is -0.490 e. The predicted octanol–water partition coefficient (Wildman–Crippen LogP) is 7.33. The van der Waals surface area contributed by atoms with Crippen molar-refractivity contribution in [1.82, 2.24) is 24.6 Å². The number of rotatable bonds is 2. The Morgan fingerprint density at radius 1 is 1.02 bits per heavy atom. The molecule has 9 nitrogen and oxygen atoms in total. The molecule has 49 heavy (non-hydrogen) atoms. The first-order valence-electron chi connectivity index (χ1n) is 15.6. The summed E-state index contributed by atoms with van der Waals surface area (Å²) < 4.78 is 51.6. The Morgan fingerprint density at radius 3 is 2.78 bits per heavy atom. The zero-order chi connectivity index (χ0) is 33.6. The van der Waals surface area contributed by atoms with Crippen LogP contribution in [-0.4, -0.2) is 63.5 Å². The Morgan fingerprint density at radius 2 is 1.90 bits per heavy atom. The molecule has 248 valence electrons. The highest BCUT2D eigenvalue weighted by molar-refractivity contribution is 7.18. The smallest absolute Gasteiger partial charge is 0.246 e. The van der Waals surface area contributed by atoms with Crippen LogP contribution in [-0.2, 0) is 29.5 Å². The molecule has 2 aliphatic rings. The van der Waals surface area contributed by atoms with Gasteiger partial charge < -0.3 is 19.1 Å². The molecule has 0 atom stereocenters. The Balaban J connectivity index is 1.43. The molecule has 0 spiro atoms. The molecule has 2 bridgehead atoms. The van der Waals surface area contributed by atoms with Crippen molar-refractivity contribution in [3.63, 3.8) is 0 Å². The quantitative estimate of drug-likeness (QED) is 0.138. The number of hydrogen-bond donors (Lipinski definition) is 0. The molecular formula is C36H29F2N5O4S2. The second kappa shape index (κ2) is 12.8. The van der Waals surface area contributed by atoms with Gasteiger partial charge in [-0.15, -0.1) is 22.7 Å². The van der Waals surface area contributed by atoms with Gasteiger partial charge in [0.1, 0.15) is 47.0 Å². The van der Waals surface area contributed by atoms with Gasteiger partial charge in [-0.25, -0.2) is 18.7 Å². The van der Waals surface area contributed by atoms with Crippen LogP contribution >= 0.6 is 22.7 Å². The lowest BCUT2D eigenvalue weighted by Crippen LogP contribution is -2.34. The maximum atomic E-state index is 16.2. The summed E-state index contributed by atoms with van der Waals surface area (Å²) in [6, 6.07) is 7.94. The van der Waals surface area contributed by atoms with Crippen LogP contribution in [0, 0.1) is 11.6 Å². The normalized spacial score (nSPS) is 15.6. The van der Waals surface area contributed by atoms with Crippen LogP contribution in [0.3, 0.4) is 0 Å². The third kappa shape index (κ3) is 5.67. The number of pyridine rings is 1. The summed E-state index contributed by atoms with van der Waals surface area (Å²) in [6.07, 6.45) is 7.42. The Kier molecular flexibility index (Phi) is 8.18. The molecule has 0 radical (unpaired) electrons. The molecule has 1 amide bonds. The summed E-state index contributed by atoms with van der Waals surface area (Å²) >= 11 is 2.88. The molecule has 0 saturated heterocycles. The van der Waals surface area contributed by atoms with E-state index in [9.17, 15) is 9.18 Å². The number of fused-ring (bicyclic) bond motifs is 6. The number of thiophene rings is 1. The fourth-order valence-corrected chi connectivity index (χ4v) is 8.26. The first-order valence-corrected chi connectivity index (χ1v) is 17.3. The number of halogens is 2. The number of amides is 1. The van der Waals surface area contributed by atoms with E-state index in [4.69, 9.17) is 24.2 Å². The summed E-state index contributed by atoms with van der Waals surface area (Å²) in [5, 5.41) is 8.58. The maximum absolute atomic E-state index is 16.2. The first-order chi connectivity index (χ1) is 23.9. The van der Waals surface area contributed by atoms with Crippen LogP contribution in [0.15, 0.2) is 66.7 Å². The molecule has 6 aromatic rings. The lowest BCUT2D eigenvalue weighted by atomic mass is 9.97. The highest BCUT2D eigenvalue weighted by Gasteiger charge is 2.30. The molecule has 4 aromatic heterocycles. The van der Waals surface area contributed by atoms with Gasteiger partial charge in [0.05, 0.1) is 48.4 Å². The molecule has 0 unspecified atom stereocenters. The number of carbonyl (C=O) groups excluding carboxylic acids is 1. The predicted molar refractivity (Wildman–Crippen MR) is 186 cm³/mol. The average Bonchev–Trinajstić information content (AvgIpc) is 3.84. The molecule has 2 aromatic carbocycles. The van der Waals surface area contributed by atoms with Crippen LogP contribution in [0.25, 0.3) is 54.1 Å². The Hall–Kier alpha value is -4.98. The van der Waals surface area contributed by atoms with Crippen molar-refractivity contribution in [2.45, 2.75) is 13.0 Å². The summed E-state index contributed by atoms with van der Waals surface area (Å²) in [6.45, 7) is 5.34. The van der Waals surface area contributed by atoms with Crippen LogP contribution in [0.1, 0.15) is 10.6 Å². The van der Waals surface area contributed by atoms with Gasteiger partial charge in [-0.2, -0.15) is 5.10 Å². The minimum atomic E-state index is -0.785. The van der Waals surface area contributed by atoms with E-state index in [-0.39, 0.29) is 37.0 Å². The van der Waals surface area contributed by atoms with Gasteiger partial charge in [0, 0.05) is 69.7 Å². The molecule has 8 rings (SSSR count). The van der Waals surface area contributed by atoms with Crippen molar-refractivity contribution in [3.05, 3.63) is 88.9 Å². The van der Waals surface area contributed by atoms with Crippen molar-refractivity contribution in [3.8, 4) is 44.6 Å². The molecule has 0 fully saturated rings. The van der Waals surface area contributed by atoms with Crippen molar-refractivity contribution in [2.75, 3.05) is 33.0 Å². The van der Waals surface area contributed by atoms with E-state index in [0.29, 0.717) is 53.8 Å². The van der Waals surface area contributed by atoms with Crippen molar-refractivity contribution in [2.24, 2.45) is 7.05 Å². The lowest BCUT2D eigenvalue weighted by Gasteiger charge is -2.24. The van der Waals surface area contributed by atoms with Crippen LogP contribution < -0.4 is 9.47 Å². The van der Waals surface area contributed by atoms with E-state index in [0.717, 1.165) is 43.2 Å². The second-order valence-electron chi connectivity index (χ2n) is 11.6. The molecule has 13 heteroatoms. The molecule has 0 N–H and O–H groups in total. The standard InChI is InChI=1S/C36H29F2N5O4S2/c1-3-30(44)43-8-6-29-25(19-43)40-36(49-29)34-32-31-24(38)15-21(37)16-28(31)47-12-11-45-9-4-5-10-46-27-17-26-20(18-39-42(26)2)14-23(27)33(41-34)22-7-13-48-35(22)32/h3-5,7,13-18H,1,6,8-12,19H2,2H3/b5-4+. The van der Waals surface area contributed by atoms with E-state index in [1.54, 1.807) is 15.8 Å². The number of aryl methyl sites for hydroxylation is 1. The fraction of sp³-hybridized carbons (Fsp3) is 0.222. The highest BCUT2D eigenvalue weighted by Crippen LogP contribution is 2.49. The van der Waals surface area contributed by atoms with Gasteiger partial charge in [0.25, 0.3) is 0 Å². The van der Waals surface area contributed by atoms with Crippen molar-refractivity contribution in [1.29, 1.82) is 0 Å². The number of ether oxygens (including phenoxy) is 3. The number of thiazole rings is 1. The van der Waals surface area contributed by atoms with Gasteiger partial charge in [0.2, 0.25) is 5.91 Å². The van der Waals surface area contributed by atoms with E-state index in [1.807, 2.05) is 42.8 Å². The minimum absolute atomic E-state index is 0.0383. The molecular weight excluding hydrogens is 669 g/mol. The van der Waals surface area contributed by atoms with E-state index < -0.39 is 11.6 Å². The van der Waals surface area contributed by atoms with Gasteiger partial charge in [-0.1, -0.05) is 12.7 Å². The monoisotopic (exact) mass is 697 g/mol. The Bertz CT molecular complexity index is 2310. The first kappa shape index (κ1) is 31.3. The van der Waals surface area contributed by atoms with Crippen molar-refractivity contribution >= 4 is 49.6 Å². The summed E-state index contributed by atoms with van der Waals surface area (Å²) in [5.41, 5.74) is 3.93. The average molecular weight is 698 g/mol.